The Morgan fingerprint density at radius 2 is 2.00 bits per heavy atom. The Labute approximate surface area is 144 Å². The van der Waals surface area contributed by atoms with Gasteiger partial charge in [-0.15, -0.1) is 0 Å². The van der Waals surface area contributed by atoms with Gasteiger partial charge in [-0.05, 0) is 44.7 Å². The predicted molar refractivity (Wildman–Crippen MR) is 91.5 cm³/mol. The number of ether oxygens (including phenoxy) is 2. The number of hydrogen-bond donors (Lipinski definition) is 0. The van der Waals surface area contributed by atoms with Crippen molar-refractivity contribution in [2.75, 3.05) is 13.2 Å². The third-order valence-electron chi connectivity index (χ3n) is 3.20. The van der Waals surface area contributed by atoms with Gasteiger partial charge < -0.3 is 9.47 Å². The van der Waals surface area contributed by atoms with E-state index in [2.05, 4.69) is 0 Å². The molecule has 0 N–H and O–H groups in total. The van der Waals surface area contributed by atoms with Crippen LogP contribution in [0.5, 0.6) is 5.75 Å². The van der Waals surface area contributed by atoms with Gasteiger partial charge in [-0.2, -0.15) is 0 Å². The van der Waals surface area contributed by atoms with E-state index in [4.69, 9.17) is 9.47 Å². The van der Waals surface area contributed by atoms with Crippen molar-refractivity contribution in [1.29, 1.82) is 0 Å². The molecule has 0 atom stereocenters. The number of amides is 2. The average molecular weight is 349 g/mol. The quantitative estimate of drug-likeness (QED) is 0.580. The van der Waals surface area contributed by atoms with Crippen LogP contribution in [0.1, 0.15) is 26.3 Å². The minimum Gasteiger partial charge on any atom is -0.481 e. The number of rotatable bonds is 6. The number of carbonyl (C=O) groups is 3. The molecule has 1 aromatic rings. The highest BCUT2D eigenvalue weighted by Gasteiger charge is 2.36. The smallest absolute Gasteiger partial charge is 0.344 e. The van der Waals surface area contributed by atoms with Crippen molar-refractivity contribution in [3.8, 4) is 5.75 Å². The van der Waals surface area contributed by atoms with Gasteiger partial charge in [0.1, 0.15) is 5.75 Å². The zero-order valence-electron chi connectivity index (χ0n) is 13.8. The molecular formula is C17H19NO5S. The fourth-order valence-corrected chi connectivity index (χ4v) is 3.09. The lowest BCUT2D eigenvalue weighted by molar-refractivity contribution is -0.145. The van der Waals surface area contributed by atoms with E-state index in [0.717, 1.165) is 11.8 Å². The van der Waals surface area contributed by atoms with Crippen LogP contribution in [0.4, 0.5) is 4.79 Å². The Kier molecular flexibility index (Phi) is 6.03. The van der Waals surface area contributed by atoms with E-state index in [0.29, 0.717) is 16.2 Å². The van der Waals surface area contributed by atoms with Gasteiger partial charge >= 0.3 is 5.97 Å². The lowest BCUT2D eigenvalue weighted by Crippen LogP contribution is -2.34. The molecule has 1 aliphatic heterocycles. The zero-order chi connectivity index (χ0) is 17.7. The molecule has 6 nitrogen and oxygen atoms in total. The summed E-state index contributed by atoms with van der Waals surface area (Å²) in [6.45, 7) is 5.36. The second kappa shape index (κ2) is 8.01. The number of benzene rings is 1. The molecule has 7 heteroatoms. The SMILES string of the molecule is CCOC(=O)COc1ccccc1C=C1SC(=O)N(C(C)C)C1=O. The van der Waals surface area contributed by atoms with Crippen molar-refractivity contribution >= 4 is 35.0 Å². The van der Waals surface area contributed by atoms with Crippen LogP contribution in [0.3, 0.4) is 0 Å². The summed E-state index contributed by atoms with van der Waals surface area (Å²) in [6.07, 6.45) is 1.60. The molecule has 0 aromatic heterocycles. The van der Waals surface area contributed by atoms with E-state index in [9.17, 15) is 14.4 Å². The Hall–Kier alpha value is -2.28. The highest BCUT2D eigenvalue weighted by atomic mass is 32.2. The standard InChI is InChI=1S/C17H19NO5S/c1-4-22-15(19)10-23-13-8-6-5-7-12(13)9-14-16(20)18(11(2)3)17(21)24-14/h5-9,11H,4,10H2,1-3H3. The van der Waals surface area contributed by atoms with Crippen LogP contribution >= 0.6 is 11.8 Å². The molecule has 1 aromatic carbocycles. The topological polar surface area (TPSA) is 72.9 Å². The van der Waals surface area contributed by atoms with Gasteiger partial charge in [0, 0.05) is 11.6 Å². The van der Waals surface area contributed by atoms with Crippen LogP contribution in [0, 0.1) is 0 Å². The van der Waals surface area contributed by atoms with Crippen LogP contribution in [0.2, 0.25) is 0 Å². The summed E-state index contributed by atoms with van der Waals surface area (Å²) in [5.41, 5.74) is 0.621. The minimum absolute atomic E-state index is 0.196. The molecule has 0 radical (unpaired) electrons. The largest absolute Gasteiger partial charge is 0.481 e. The monoisotopic (exact) mass is 349 g/mol. The number of hydrogen-bond acceptors (Lipinski definition) is 6. The second-order valence-corrected chi connectivity index (χ2v) is 6.27. The summed E-state index contributed by atoms with van der Waals surface area (Å²) in [5.74, 6) is -0.338. The highest BCUT2D eigenvalue weighted by molar-refractivity contribution is 8.18. The van der Waals surface area contributed by atoms with E-state index in [1.165, 1.54) is 4.90 Å². The van der Waals surface area contributed by atoms with Gasteiger partial charge in [0.15, 0.2) is 6.61 Å². The fourth-order valence-electron chi connectivity index (χ4n) is 2.14. The molecule has 0 spiro atoms. The molecule has 128 valence electrons. The maximum absolute atomic E-state index is 12.3. The van der Waals surface area contributed by atoms with Crippen molar-refractivity contribution in [3.63, 3.8) is 0 Å². The van der Waals surface area contributed by atoms with Crippen molar-refractivity contribution in [1.82, 2.24) is 4.90 Å². The van der Waals surface area contributed by atoms with Gasteiger partial charge in [0.05, 0.1) is 11.5 Å². The molecule has 0 unspecified atom stereocenters. The maximum Gasteiger partial charge on any atom is 0.344 e. The second-order valence-electron chi connectivity index (χ2n) is 5.28. The lowest BCUT2D eigenvalue weighted by atomic mass is 10.2. The molecule has 1 fully saturated rings. The third-order valence-corrected chi connectivity index (χ3v) is 4.08. The number of nitrogens with zero attached hydrogens (tertiary/aromatic N) is 1. The van der Waals surface area contributed by atoms with E-state index in [1.54, 1.807) is 51.1 Å². The first-order valence-corrected chi connectivity index (χ1v) is 8.40. The van der Waals surface area contributed by atoms with Crippen molar-refractivity contribution in [2.45, 2.75) is 26.8 Å². The third kappa shape index (κ3) is 4.17. The fraction of sp³-hybridized carbons (Fsp3) is 0.353. The summed E-state index contributed by atoms with van der Waals surface area (Å²) >= 11 is 0.898. The van der Waals surface area contributed by atoms with E-state index in [1.807, 2.05) is 0 Å². The molecule has 1 aliphatic rings. The Morgan fingerprint density at radius 3 is 2.62 bits per heavy atom. The molecule has 1 heterocycles. The van der Waals surface area contributed by atoms with Gasteiger partial charge in [-0.25, -0.2) is 4.79 Å². The van der Waals surface area contributed by atoms with E-state index < -0.39 is 5.97 Å². The Balaban J connectivity index is 2.20. The van der Waals surface area contributed by atoms with Gasteiger partial charge in [0.2, 0.25) is 0 Å². The van der Waals surface area contributed by atoms with E-state index >= 15 is 0 Å². The zero-order valence-corrected chi connectivity index (χ0v) is 14.6. The van der Waals surface area contributed by atoms with Crippen molar-refractivity contribution in [2.24, 2.45) is 0 Å². The minimum atomic E-state index is -0.465. The number of para-hydroxylation sites is 1. The molecule has 1 saturated heterocycles. The highest BCUT2D eigenvalue weighted by Crippen LogP contribution is 2.34. The lowest BCUT2D eigenvalue weighted by Gasteiger charge is -2.16. The van der Waals surface area contributed by atoms with Crippen molar-refractivity contribution < 1.29 is 23.9 Å². The normalized spacial score (nSPS) is 16.2. The number of carbonyl (C=O) groups excluding carboxylic acids is 3. The van der Waals surface area contributed by atoms with Crippen molar-refractivity contribution in [3.05, 3.63) is 34.7 Å². The average Bonchev–Trinajstić information content (AvgIpc) is 2.81. The number of thioether (sulfide) groups is 1. The summed E-state index contributed by atoms with van der Waals surface area (Å²) < 4.78 is 10.3. The van der Waals surface area contributed by atoms with Crippen LogP contribution < -0.4 is 4.74 Å². The first-order chi connectivity index (χ1) is 11.4. The van der Waals surface area contributed by atoms with Gasteiger partial charge in [0.25, 0.3) is 11.1 Å². The molecule has 24 heavy (non-hydrogen) atoms. The van der Waals surface area contributed by atoms with Crippen LogP contribution in [-0.4, -0.2) is 41.3 Å². The first kappa shape index (κ1) is 18.1. The summed E-state index contributed by atoms with van der Waals surface area (Å²) in [6, 6.07) is 6.80. The predicted octanol–water partition coefficient (Wildman–Crippen LogP) is 3.07. The van der Waals surface area contributed by atoms with Crippen LogP contribution in [0.15, 0.2) is 29.2 Å². The number of esters is 1. The van der Waals surface area contributed by atoms with Gasteiger partial charge in [-0.1, -0.05) is 18.2 Å². The first-order valence-electron chi connectivity index (χ1n) is 7.58. The molecule has 0 bridgehead atoms. The molecule has 2 amide bonds. The van der Waals surface area contributed by atoms with Crippen LogP contribution in [0.25, 0.3) is 6.08 Å². The van der Waals surface area contributed by atoms with Crippen LogP contribution in [-0.2, 0) is 14.3 Å². The van der Waals surface area contributed by atoms with Gasteiger partial charge in [-0.3, -0.25) is 14.5 Å². The molecule has 0 aliphatic carbocycles. The molecule has 0 saturated carbocycles. The summed E-state index contributed by atoms with van der Waals surface area (Å²) in [4.78, 5) is 37.2. The number of imide groups is 1. The van der Waals surface area contributed by atoms with E-state index in [-0.39, 0.29) is 30.4 Å². The maximum atomic E-state index is 12.3. The Bertz CT molecular complexity index is 683. The Morgan fingerprint density at radius 1 is 1.29 bits per heavy atom. The molecular weight excluding hydrogens is 330 g/mol. The summed E-state index contributed by atoms with van der Waals surface area (Å²) in [5, 5.41) is -0.286. The summed E-state index contributed by atoms with van der Waals surface area (Å²) in [7, 11) is 0. The molecule has 2 rings (SSSR count).